The fourth-order valence-electron chi connectivity index (χ4n) is 2.86. The van der Waals surface area contributed by atoms with Crippen LogP contribution < -0.4 is 10.9 Å². The number of aromatic amines is 1. The maximum Gasteiger partial charge on any atom is 0.260 e. The van der Waals surface area contributed by atoms with E-state index in [1.54, 1.807) is 18.5 Å². The molecule has 0 radical (unpaired) electrons. The number of amides is 1. The van der Waals surface area contributed by atoms with Gasteiger partial charge in [-0.25, -0.2) is 14.6 Å². The van der Waals surface area contributed by atoms with E-state index in [1.807, 2.05) is 36.4 Å². The minimum atomic E-state index is -0.392. The monoisotopic (exact) mass is 360 g/mol. The van der Waals surface area contributed by atoms with Crippen LogP contribution >= 0.6 is 0 Å². The van der Waals surface area contributed by atoms with Crippen molar-refractivity contribution in [3.63, 3.8) is 0 Å². The van der Waals surface area contributed by atoms with E-state index in [4.69, 9.17) is 0 Å². The second-order valence-corrected chi connectivity index (χ2v) is 6.09. The zero-order chi connectivity index (χ0) is 19.0. The van der Waals surface area contributed by atoms with Gasteiger partial charge in [-0.1, -0.05) is 18.2 Å². The van der Waals surface area contributed by atoms with Crippen LogP contribution in [0.1, 0.15) is 21.9 Å². The van der Waals surface area contributed by atoms with Gasteiger partial charge < -0.3 is 10.3 Å². The van der Waals surface area contributed by atoms with Crippen molar-refractivity contribution < 1.29 is 4.79 Å². The molecule has 0 unspecified atom stereocenters. The normalized spacial score (nSPS) is 10.9. The number of para-hydroxylation sites is 1. The average molecular weight is 360 g/mol. The number of nitrogens with one attached hydrogen (secondary N) is 2. The highest BCUT2D eigenvalue weighted by atomic mass is 16.2. The summed E-state index contributed by atoms with van der Waals surface area (Å²) in [5.74, 6) is 0.843. The largest absolute Gasteiger partial charge is 0.311 e. The van der Waals surface area contributed by atoms with E-state index in [0.717, 1.165) is 10.9 Å². The Labute approximate surface area is 153 Å². The second-order valence-electron chi connectivity index (χ2n) is 6.09. The Morgan fingerprint density at radius 3 is 2.74 bits per heavy atom. The van der Waals surface area contributed by atoms with Crippen molar-refractivity contribution in [3.05, 3.63) is 76.1 Å². The van der Waals surface area contributed by atoms with Gasteiger partial charge in [-0.2, -0.15) is 5.10 Å². The summed E-state index contributed by atoms with van der Waals surface area (Å²) in [6, 6.07) is 12.8. The molecule has 8 nitrogen and oxygen atoms in total. The Balaban J connectivity index is 1.66. The van der Waals surface area contributed by atoms with Crippen LogP contribution in [-0.4, -0.2) is 30.6 Å². The predicted octanol–water partition coefficient (Wildman–Crippen LogP) is 2.37. The van der Waals surface area contributed by atoms with E-state index in [-0.39, 0.29) is 11.4 Å². The number of rotatable bonds is 3. The molecule has 0 bridgehead atoms. The third kappa shape index (κ3) is 3.20. The summed E-state index contributed by atoms with van der Waals surface area (Å²) in [6.07, 6.45) is 1.47. The Bertz CT molecular complexity index is 1220. The molecule has 0 fully saturated rings. The number of carbonyl (C=O) groups excluding carboxylic acids is 1. The van der Waals surface area contributed by atoms with Crippen molar-refractivity contribution in [1.29, 1.82) is 0 Å². The van der Waals surface area contributed by atoms with Gasteiger partial charge in [-0.3, -0.25) is 9.59 Å². The number of fused-ring (bicyclic) bond motifs is 1. The minimum absolute atomic E-state index is 0.192. The first-order valence-corrected chi connectivity index (χ1v) is 8.31. The highest BCUT2D eigenvalue weighted by Crippen LogP contribution is 2.17. The Kier molecular flexibility index (Phi) is 4.00. The summed E-state index contributed by atoms with van der Waals surface area (Å²) >= 11 is 0. The number of hydrogen-bond donors (Lipinski definition) is 2. The zero-order valence-electron chi connectivity index (χ0n) is 14.7. The first kappa shape index (κ1) is 16.6. The number of hydrogen-bond acceptors (Lipinski definition) is 5. The lowest BCUT2D eigenvalue weighted by atomic mass is 10.2. The van der Waals surface area contributed by atoms with Gasteiger partial charge >= 0.3 is 0 Å². The van der Waals surface area contributed by atoms with Gasteiger partial charge in [0.2, 0.25) is 0 Å². The number of aryl methyl sites for hydroxylation is 1. The average Bonchev–Trinajstić information content (AvgIpc) is 3.02. The maximum absolute atomic E-state index is 12.6. The van der Waals surface area contributed by atoms with E-state index in [9.17, 15) is 9.59 Å². The Hall–Kier alpha value is -3.81. The van der Waals surface area contributed by atoms with Gasteiger partial charge in [0.05, 0.1) is 23.0 Å². The summed E-state index contributed by atoms with van der Waals surface area (Å²) in [7, 11) is 0. The lowest BCUT2D eigenvalue weighted by Gasteiger charge is -2.07. The highest BCUT2D eigenvalue weighted by molar-refractivity contribution is 6.04. The summed E-state index contributed by atoms with van der Waals surface area (Å²) in [6.45, 7) is 3.43. The SMILES string of the molecule is Cc1nc(NC(=O)c2cnn(-c3ccc4ccccc4n3)c2C)cc(=O)[nH]1. The summed E-state index contributed by atoms with van der Waals surface area (Å²) < 4.78 is 1.61. The number of nitrogens with zero attached hydrogens (tertiary/aromatic N) is 4. The van der Waals surface area contributed by atoms with Crippen molar-refractivity contribution in [2.75, 3.05) is 5.32 Å². The molecule has 4 rings (SSSR count). The van der Waals surface area contributed by atoms with Crippen LogP contribution in [0, 0.1) is 13.8 Å². The minimum Gasteiger partial charge on any atom is -0.311 e. The van der Waals surface area contributed by atoms with E-state index < -0.39 is 5.91 Å². The van der Waals surface area contributed by atoms with Gasteiger partial charge in [-0.05, 0) is 32.0 Å². The molecule has 0 saturated carbocycles. The van der Waals surface area contributed by atoms with E-state index in [1.165, 1.54) is 12.3 Å². The second kappa shape index (κ2) is 6.49. The molecule has 4 aromatic rings. The number of H-pyrrole nitrogens is 1. The quantitative estimate of drug-likeness (QED) is 0.583. The molecule has 1 amide bonds. The fourth-order valence-corrected chi connectivity index (χ4v) is 2.86. The van der Waals surface area contributed by atoms with E-state index in [2.05, 4.69) is 25.4 Å². The molecule has 0 saturated heterocycles. The van der Waals surface area contributed by atoms with Gasteiger partial charge in [0, 0.05) is 11.5 Å². The van der Waals surface area contributed by atoms with Crippen LogP contribution in [0.15, 0.2) is 53.5 Å². The van der Waals surface area contributed by atoms with Crippen LogP contribution in [0.5, 0.6) is 0 Å². The third-order valence-electron chi connectivity index (χ3n) is 4.16. The van der Waals surface area contributed by atoms with E-state index >= 15 is 0 Å². The smallest absolute Gasteiger partial charge is 0.260 e. The molecular weight excluding hydrogens is 344 g/mol. The third-order valence-corrected chi connectivity index (χ3v) is 4.16. The molecule has 3 aromatic heterocycles. The molecule has 0 aliphatic heterocycles. The fraction of sp³-hybridized carbons (Fsp3) is 0.105. The molecule has 134 valence electrons. The standard InChI is InChI=1S/C19H16N6O2/c1-11-14(19(27)24-16-9-18(26)22-12(2)21-16)10-20-25(11)17-8-7-13-5-3-4-6-15(13)23-17/h3-10H,1-2H3,(H2,21,22,24,26,27). The van der Waals surface area contributed by atoms with Crippen LogP contribution in [0.4, 0.5) is 5.82 Å². The lowest BCUT2D eigenvalue weighted by molar-refractivity contribution is 0.102. The topological polar surface area (TPSA) is 106 Å². The molecule has 0 aliphatic rings. The molecule has 2 N–H and O–H groups in total. The van der Waals surface area contributed by atoms with Gasteiger partial charge in [0.1, 0.15) is 11.6 Å². The van der Waals surface area contributed by atoms with Crippen LogP contribution in [0.3, 0.4) is 0 Å². The van der Waals surface area contributed by atoms with Crippen LogP contribution in [-0.2, 0) is 0 Å². The molecule has 0 aliphatic carbocycles. The van der Waals surface area contributed by atoms with Gasteiger partial charge in [0.25, 0.3) is 11.5 Å². The van der Waals surface area contributed by atoms with Crippen molar-refractivity contribution in [1.82, 2.24) is 24.7 Å². The summed E-state index contributed by atoms with van der Waals surface area (Å²) in [4.78, 5) is 35.3. The highest BCUT2D eigenvalue weighted by Gasteiger charge is 2.17. The zero-order valence-corrected chi connectivity index (χ0v) is 14.7. The Morgan fingerprint density at radius 1 is 1.11 bits per heavy atom. The molecule has 27 heavy (non-hydrogen) atoms. The summed E-state index contributed by atoms with van der Waals surface area (Å²) in [5, 5.41) is 7.95. The Morgan fingerprint density at radius 2 is 1.93 bits per heavy atom. The van der Waals surface area contributed by atoms with E-state index in [0.29, 0.717) is 22.9 Å². The predicted molar refractivity (Wildman–Crippen MR) is 101 cm³/mol. The van der Waals surface area contributed by atoms with Gasteiger partial charge in [0.15, 0.2) is 5.82 Å². The number of pyridine rings is 1. The first-order valence-electron chi connectivity index (χ1n) is 8.31. The van der Waals surface area contributed by atoms with Crippen molar-refractivity contribution in [2.24, 2.45) is 0 Å². The van der Waals surface area contributed by atoms with Gasteiger partial charge in [-0.15, -0.1) is 0 Å². The number of aromatic nitrogens is 5. The summed E-state index contributed by atoms with van der Waals surface area (Å²) in [5.41, 5.74) is 1.53. The molecular formula is C19H16N6O2. The molecule has 0 atom stereocenters. The van der Waals surface area contributed by atoms with Crippen molar-refractivity contribution in [3.8, 4) is 5.82 Å². The maximum atomic E-state index is 12.6. The molecule has 0 spiro atoms. The van der Waals surface area contributed by atoms with Crippen LogP contribution in [0.2, 0.25) is 0 Å². The number of carbonyl (C=O) groups is 1. The first-order chi connectivity index (χ1) is 13.0. The molecule has 8 heteroatoms. The van der Waals surface area contributed by atoms with Crippen molar-refractivity contribution >= 4 is 22.6 Å². The molecule has 1 aromatic carbocycles. The van der Waals surface area contributed by atoms with Crippen LogP contribution in [0.25, 0.3) is 16.7 Å². The lowest BCUT2D eigenvalue weighted by Crippen LogP contribution is -2.17. The number of anilines is 1. The number of benzene rings is 1. The van der Waals surface area contributed by atoms with Crippen molar-refractivity contribution in [2.45, 2.75) is 13.8 Å². The molecule has 3 heterocycles.